The number of benzene rings is 1. The van der Waals surface area contributed by atoms with Gasteiger partial charge in [0, 0.05) is 18.3 Å². The van der Waals surface area contributed by atoms with E-state index in [0.717, 1.165) is 43.0 Å². The maximum absolute atomic E-state index is 13.2. The fourth-order valence-electron chi connectivity index (χ4n) is 9.32. The number of hydrogen-bond donors (Lipinski definition) is 1. The minimum Gasteiger partial charge on any atom is -0.393 e. The summed E-state index contributed by atoms with van der Waals surface area (Å²) in [6.45, 7) is 4.91. The Morgan fingerprint density at radius 1 is 0.972 bits per heavy atom. The maximum atomic E-state index is 13.2. The normalized spacial score (nSPS) is 37.2. The van der Waals surface area contributed by atoms with Crippen LogP contribution in [0.5, 0.6) is 0 Å². The molecule has 2 heterocycles. The van der Waals surface area contributed by atoms with E-state index in [0.29, 0.717) is 29.1 Å². The van der Waals surface area contributed by atoms with E-state index in [-0.39, 0.29) is 22.5 Å². The SMILES string of the molecule is Cn1c2nc(-c3ccccc3)nc(=O)c-2cc2c1C[C@@H]1CC[C@@H]3[C@H](CC[C@]4(C)[C@@H](O)CC[C@@H]34)[C@@]1(C)C2. The molecule has 7 rings (SSSR count). The van der Waals surface area contributed by atoms with Gasteiger partial charge in [0.2, 0.25) is 0 Å². The van der Waals surface area contributed by atoms with E-state index < -0.39 is 0 Å². The lowest BCUT2D eigenvalue weighted by Crippen LogP contribution is -2.55. The molecular formula is C31H37N3O2. The maximum Gasteiger partial charge on any atom is 0.282 e. The number of aliphatic hydroxyl groups is 1. The number of pyridine rings is 1. The highest BCUT2D eigenvalue weighted by Gasteiger charge is 2.60. The third-order valence-electron chi connectivity index (χ3n) is 11.4. The molecule has 0 bridgehead atoms. The Morgan fingerprint density at radius 2 is 1.75 bits per heavy atom. The molecule has 2 aliphatic heterocycles. The van der Waals surface area contributed by atoms with Gasteiger partial charge in [0.15, 0.2) is 5.82 Å². The third kappa shape index (κ3) is 3.01. The summed E-state index contributed by atoms with van der Waals surface area (Å²) in [6.07, 6.45) is 9.09. The molecule has 0 radical (unpaired) electrons. The molecule has 0 amide bonds. The van der Waals surface area contributed by atoms with Crippen LogP contribution in [0.2, 0.25) is 0 Å². The summed E-state index contributed by atoms with van der Waals surface area (Å²) >= 11 is 0. The van der Waals surface area contributed by atoms with Crippen LogP contribution in [0.15, 0.2) is 41.2 Å². The summed E-state index contributed by atoms with van der Waals surface area (Å²) in [4.78, 5) is 22.5. The summed E-state index contributed by atoms with van der Waals surface area (Å²) in [6, 6.07) is 11.9. The van der Waals surface area contributed by atoms with Crippen molar-refractivity contribution >= 4 is 0 Å². The van der Waals surface area contributed by atoms with E-state index in [4.69, 9.17) is 4.98 Å². The molecule has 188 valence electrons. The van der Waals surface area contributed by atoms with Crippen molar-refractivity contribution in [3.8, 4) is 22.8 Å². The molecule has 1 aromatic rings. The van der Waals surface area contributed by atoms with Crippen molar-refractivity contribution in [2.24, 2.45) is 41.5 Å². The number of aromatic nitrogens is 3. The summed E-state index contributed by atoms with van der Waals surface area (Å²) in [7, 11) is 2.09. The van der Waals surface area contributed by atoms with Crippen LogP contribution in [0, 0.1) is 34.5 Å². The molecule has 1 aromatic carbocycles. The minimum atomic E-state index is -0.181. The molecule has 4 aliphatic carbocycles. The first kappa shape index (κ1) is 22.7. The van der Waals surface area contributed by atoms with Gasteiger partial charge in [-0.1, -0.05) is 44.2 Å². The highest BCUT2D eigenvalue weighted by Crippen LogP contribution is 2.65. The van der Waals surface area contributed by atoms with E-state index in [1.807, 2.05) is 30.3 Å². The van der Waals surface area contributed by atoms with Crippen molar-refractivity contribution in [1.82, 2.24) is 14.5 Å². The molecule has 7 atom stereocenters. The zero-order valence-corrected chi connectivity index (χ0v) is 21.7. The van der Waals surface area contributed by atoms with Gasteiger partial charge in [0.25, 0.3) is 5.56 Å². The molecule has 0 unspecified atom stereocenters. The fourth-order valence-corrected chi connectivity index (χ4v) is 9.32. The van der Waals surface area contributed by atoms with E-state index in [1.54, 1.807) is 0 Å². The van der Waals surface area contributed by atoms with Gasteiger partial charge in [-0.25, -0.2) is 4.98 Å². The Kier molecular flexibility index (Phi) is 4.87. The first-order valence-electron chi connectivity index (χ1n) is 13.9. The predicted octanol–water partition coefficient (Wildman–Crippen LogP) is 5.27. The fraction of sp³-hybridized carbons (Fsp3) is 0.581. The first-order chi connectivity index (χ1) is 17.3. The van der Waals surface area contributed by atoms with Gasteiger partial charge in [0.05, 0.1) is 11.7 Å². The summed E-state index contributed by atoms with van der Waals surface area (Å²) in [5.74, 6) is 4.01. The van der Waals surface area contributed by atoms with Crippen LogP contribution in [-0.4, -0.2) is 25.7 Å². The van der Waals surface area contributed by atoms with Crippen molar-refractivity contribution < 1.29 is 5.11 Å². The molecular weight excluding hydrogens is 446 g/mol. The molecule has 3 fully saturated rings. The van der Waals surface area contributed by atoms with Gasteiger partial charge < -0.3 is 9.67 Å². The third-order valence-corrected chi connectivity index (χ3v) is 11.4. The molecule has 1 N–H and O–H groups in total. The molecule has 5 heteroatoms. The molecule has 0 spiro atoms. The summed E-state index contributed by atoms with van der Waals surface area (Å²) in [5, 5.41) is 10.8. The molecule has 36 heavy (non-hydrogen) atoms. The molecule has 5 nitrogen and oxygen atoms in total. The lowest BCUT2D eigenvalue weighted by Gasteiger charge is -2.60. The van der Waals surface area contributed by atoms with Crippen molar-refractivity contribution in [1.29, 1.82) is 0 Å². The molecule has 3 saturated carbocycles. The topological polar surface area (TPSA) is 68.0 Å². The van der Waals surface area contributed by atoms with E-state index >= 15 is 0 Å². The zero-order valence-electron chi connectivity index (χ0n) is 21.7. The zero-order chi connectivity index (χ0) is 24.8. The number of aliphatic hydroxyl groups excluding tert-OH is 1. The lowest BCUT2D eigenvalue weighted by molar-refractivity contribution is -0.111. The number of rotatable bonds is 1. The van der Waals surface area contributed by atoms with Crippen LogP contribution < -0.4 is 5.56 Å². The van der Waals surface area contributed by atoms with Gasteiger partial charge in [-0.05, 0) is 97.5 Å². The van der Waals surface area contributed by atoms with E-state index in [9.17, 15) is 9.90 Å². The van der Waals surface area contributed by atoms with Crippen LogP contribution in [0.4, 0.5) is 0 Å². The van der Waals surface area contributed by atoms with Crippen molar-refractivity contribution in [2.75, 3.05) is 0 Å². The molecule has 0 aromatic heterocycles. The van der Waals surface area contributed by atoms with Gasteiger partial charge in [-0.3, -0.25) is 4.79 Å². The van der Waals surface area contributed by atoms with E-state index in [1.165, 1.54) is 36.9 Å². The molecule has 0 saturated heterocycles. The Balaban J connectivity index is 1.29. The van der Waals surface area contributed by atoms with Crippen molar-refractivity contribution in [3.05, 3.63) is 58.0 Å². The second-order valence-electron chi connectivity index (χ2n) is 12.8. The highest BCUT2D eigenvalue weighted by atomic mass is 16.3. The lowest BCUT2D eigenvalue weighted by atomic mass is 9.45. The number of nitrogens with zero attached hydrogens (tertiary/aromatic N) is 3. The second-order valence-corrected chi connectivity index (χ2v) is 12.8. The van der Waals surface area contributed by atoms with Gasteiger partial charge >= 0.3 is 0 Å². The van der Waals surface area contributed by atoms with Gasteiger partial charge in [-0.15, -0.1) is 0 Å². The predicted molar refractivity (Wildman–Crippen MR) is 141 cm³/mol. The van der Waals surface area contributed by atoms with Crippen LogP contribution in [0.1, 0.15) is 63.6 Å². The first-order valence-corrected chi connectivity index (χ1v) is 13.9. The van der Waals surface area contributed by atoms with Crippen LogP contribution in [-0.2, 0) is 19.9 Å². The van der Waals surface area contributed by atoms with Gasteiger partial charge in [0.1, 0.15) is 5.82 Å². The number of fused-ring (bicyclic) bond motifs is 7. The van der Waals surface area contributed by atoms with Crippen molar-refractivity contribution in [2.45, 2.75) is 71.3 Å². The quantitative estimate of drug-likeness (QED) is 0.512. The largest absolute Gasteiger partial charge is 0.393 e. The summed E-state index contributed by atoms with van der Waals surface area (Å²) in [5.41, 5.74) is 4.36. The Labute approximate surface area is 213 Å². The van der Waals surface area contributed by atoms with Crippen molar-refractivity contribution in [3.63, 3.8) is 0 Å². The van der Waals surface area contributed by atoms with E-state index in [2.05, 4.69) is 36.5 Å². The van der Waals surface area contributed by atoms with Crippen LogP contribution >= 0.6 is 0 Å². The highest BCUT2D eigenvalue weighted by molar-refractivity contribution is 5.64. The second kappa shape index (κ2) is 7.74. The summed E-state index contributed by atoms with van der Waals surface area (Å²) < 4.78 is 2.19. The Bertz CT molecular complexity index is 1370. The minimum absolute atomic E-state index is 0.116. The average molecular weight is 484 g/mol. The standard InChI is InChI=1S/C31H37N3O2/c1-30-14-13-24-21(23(30)11-12-26(30)35)10-9-20-16-25-19(17-31(20,24)2)15-22-28(34(25)3)32-27(33-29(22)36)18-7-5-4-6-8-18/h4-8,15,20-21,23-24,26,35H,9-14,16-17H2,1-3H3/t20-,21-,23-,24-,26-,30-,31-/m0/s1. The van der Waals surface area contributed by atoms with Crippen LogP contribution in [0.25, 0.3) is 22.8 Å². The monoisotopic (exact) mass is 483 g/mol. The molecule has 6 aliphatic rings. The Hall–Kier alpha value is -2.53. The number of hydrogen-bond acceptors (Lipinski definition) is 4. The smallest absolute Gasteiger partial charge is 0.282 e. The Morgan fingerprint density at radius 3 is 2.56 bits per heavy atom. The van der Waals surface area contributed by atoms with Crippen LogP contribution in [0.3, 0.4) is 0 Å². The average Bonchev–Trinajstić information content (AvgIpc) is 3.18. The van der Waals surface area contributed by atoms with Gasteiger partial charge in [-0.2, -0.15) is 4.98 Å².